The van der Waals surface area contributed by atoms with Gasteiger partial charge in [0, 0.05) is 24.0 Å². The lowest BCUT2D eigenvalue weighted by Crippen LogP contribution is -2.15. The number of carbonyl (C=O) groups is 1. The number of para-hydroxylation sites is 1. The lowest BCUT2D eigenvalue weighted by atomic mass is 10.1. The van der Waals surface area contributed by atoms with E-state index in [1.165, 1.54) is 0 Å². The average Bonchev–Trinajstić information content (AvgIpc) is 2.53. The van der Waals surface area contributed by atoms with E-state index in [2.05, 4.69) is 5.32 Å². The van der Waals surface area contributed by atoms with Crippen molar-refractivity contribution in [2.45, 2.75) is 0 Å². The molecule has 68 valence electrons. The Balaban J connectivity index is 2.52. The Labute approximate surface area is 80.6 Å². The van der Waals surface area contributed by atoms with Gasteiger partial charge in [0.1, 0.15) is 0 Å². The molecule has 0 saturated carbocycles. The number of benzene rings is 1. The number of hydrogen-bond donors (Lipinski definition) is 1. The van der Waals surface area contributed by atoms with Crippen LogP contribution in [0.1, 0.15) is 10.4 Å². The number of hydrogen-bond acceptors (Lipinski definition) is 1. The molecule has 2 heterocycles. The minimum Gasteiger partial charge on any atom is -0.327 e. The zero-order valence-corrected chi connectivity index (χ0v) is 7.40. The van der Waals surface area contributed by atoms with Crippen molar-refractivity contribution in [1.29, 1.82) is 0 Å². The van der Waals surface area contributed by atoms with Crippen molar-refractivity contribution in [3.05, 3.63) is 42.2 Å². The molecule has 1 amide bonds. The van der Waals surface area contributed by atoms with E-state index in [0.717, 1.165) is 16.5 Å². The molecule has 0 atom stereocenters. The van der Waals surface area contributed by atoms with Gasteiger partial charge in [0.2, 0.25) is 0 Å². The number of aromatic nitrogens is 1. The van der Waals surface area contributed by atoms with Gasteiger partial charge < -0.3 is 9.88 Å². The van der Waals surface area contributed by atoms with Gasteiger partial charge in [-0.25, -0.2) is 0 Å². The highest BCUT2D eigenvalue weighted by molar-refractivity contribution is 6.07. The van der Waals surface area contributed by atoms with Crippen LogP contribution in [0.4, 0.5) is 0 Å². The van der Waals surface area contributed by atoms with Gasteiger partial charge in [-0.1, -0.05) is 12.1 Å². The normalized spacial score (nSPS) is 14.1. The van der Waals surface area contributed by atoms with Gasteiger partial charge in [-0.2, -0.15) is 0 Å². The molecule has 1 aromatic carbocycles. The average molecular weight is 184 g/mol. The molecule has 0 bridgehead atoms. The van der Waals surface area contributed by atoms with E-state index in [1.807, 2.05) is 41.2 Å². The Hall–Kier alpha value is -2.03. The van der Waals surface area contributed by atoms with E-state index in [1.54, 1.807) is 6.20 Å². The zero-order chi connectivity index (χ0) is 9.54. The van der Waals surface area contributed by atoms with E-state index >= 15 is 0 Å². The van der Waals surface area contributed by atoms with Crippen molar-refractivity contribution < 1.29 is 4.79 Å². The number of amides is 1. The van der Waals surface area contributed by atoms with Crippen LogP contribution >= 0.6 is 0 Å². The molecule has 0 aliphatic carbocycles. The van der Waals surface area contributed by atoms with E-state index in [4.69, 9.17) is 0 Å². The first-order chi connectivity index (χ1) is 6.86. The summed E-state index contributed by atoms with van der Waals surface area (Å²) in [6.07, 6.45) is 5.45. The first-order valence-corrected chi connectivity index (χ1v) is 4.43. The van der Waals surface area contributed by atoms with Gasteiger partial charge >= 0.3 is 0 Å². The first-order valence-electron chi connectivity index (χ1n) is 4.43. The Morgan fingerprint density at radius 1 is 1.21 bits per heavy atom. The molecule has 3 heteroatoms. The number of nitrogens with zero attached hydrogens (tertiary/aromatic N) is 1. The van der Waals surface area contributed by atoms with Gasteiger partial charge in [-0.05, 0) is 12.1 Å². The van der Waals surface area contributed by atoms with Crippen molar-refractivity contribution >= 4 is 23.0 Å². The van der Waals surface area contributed by atoms with Crippen LogP contribution in [0.25, 0.3) is 17.1 Å². The first kappa shape index (κ1) is 7.38. The van der Waals surface area contributed by atoms with E-state index in [0.29, 0.717) is 0 Å². The van der Waals surface area contributed by atoms with Crippen molar-refractivity contribution in [1.82, 2.24) is 9.88 Å². The summed E-state index contributed by atoms with van der Waals surface area (Å²) in [5.41, 5.74) is 1.69. The summed E-state index contributed by atoms with van der Waals surface area (Å²) < 4.78 is 1.95. The quantitative estimate of drug-likeness (QED) is 0.665. The number of nitrogens with one attached hydrogen (secondary N) is 1. The second-order valence-corrected chi connectivity index (χ2v) is 3.26. The van der Waals surface area contributed by atoms with E-state index < -0.39 is 0 Å². The van der Waals surface area contributed by atoms with Crippen LogP contribution in [-0.2, 0) is 0 Å². The fourth-order valence-electron chi connectivity index (χ4n) is 1.80. The topological polar surface area (TPSA) is 34.0 Å². The highest BCUT2D eigenvalue weighted by atomic mass is 16.1. The van der Waals surface area contributed by atoms with Crippen molar-refractivity contribution in [3.63, 3.8) is 0 Å². The molecule has 2 aromatic rings. The van der Waals surface area contributed by atoms with Gasteiger partial charge in [0.15, 0.2) is 0 Å². The Morgan fingerprint density at radius 3 is 3.07 bits per heavy atom. The van der Waals surface area contributed by atoms with Crippen LogP contribution in [0.15, 0.2) is 36.7 Å². The van der Waals surface area contributed by atoms with E-state index in [9.17, 15) is 4.79 Å². The summed E-state index contributed by atoms with van der Waals surface area (Å²) in [6, 6.07) is 7.73. The number of carbonyl (C=O) groups excluding carboxylic acids is 1. The number of rotatable bonds is 0. The predicted octanol–water partition coefficient (Wildman–Crippen LogP) is 1.81. The molecule has 0 radical (unpaired) electrons. The molecule has 3 nitrogen and oxygen atoms in total. The van der Waals surface area contributed by atoms with Crippen LogP contribution in [0, 0.1) is 0 Å². The maximum atomic E-state index is 11.6. The maximum absolute atomic E-state index is 11.6. The minimum atomic E-state index is -0.0516. The fraction of sp³-hybridized carbons (Fsp3) is 0. The molecule has 0 saturated heterocycles. The third-order valence-corrected chi connectivity index (χ3v) is 2.43. The second-order valence-electron chi connectivity index (χ2n) is 3.26. The Kier molecular flexibility index (Phi) is 1.31. The SMILES string of the molecule is O=C1NC=Cn2ccc3cccc1c32. The van der Waals surface area contributed by atoms with Crippen LogP contribution < -0.4 is 5.32 Å². The molecule has 1 aromatic heterocycles. The van der Waals surface area contributed by atoms with Crippen LogP contribution in [0.2, 0.25) is 0 Å². The molecule has 14 heavy (non-hydrogen) atoms. The molecule has 3 rings (SSSR count). The third kappa shape index (κ3) is 0.836. The lowest BCUT2D eigenvalue weighted by Gasteiger charge is -2.00. The Bertz CT molecular complexity index is 551. The van der Waals surface area contributed by atoms with Crippen LogP contribution in [-0.4, -0.2) is 10.5 Å². The van der Waals surface area contributed by atoms with Crippen LogP contribution in [0.5, 0.6) is 0 Å². The highest BCUT2D eigenvalue weighted by Crippen LogP contribution is 2.21. The highest BCUT2D eigenvalue weighted by Gasteiger charge is 2.13. The summed E-state index contributed by atoms with van der Waals surface area (Å²) in [7, 11) is 0. The van der Waals surface area contributed by atoms with Crippen molar-refractivity contribution in [2.75, 3.05) is 0 Å². The molecule has 0 fully saturated rings. The molecular weight excluding hydrogens is 176 g/mol. The molecule has 0 spiro atoms. The maximum Gasteiger partial charge on any atom is 0.257 e. The lowest BCUT2D eigenvalue weighted by molar-refractivity contribution is 0.0972. The molecular formula is C11H8N2O. The van der Waals surface area contributed by atoms with Crippen LogP contribution in [0.3, 0.4) is 0 Å². The van der Waals surface area contributed by atoms with Crippen molar-refractivity contribution in [3.8, 4) is 0 Å². The molecule has 0 unspecified atom stereocenters. The van der Waals surface area contributed by atoms with Gasteiger partial charge in [-0.3, -0.25) is 4.79 Å². The molecule has 1 N–H and O–H groups in total. The third-order valence-electron chi connectivity index (χ3n) is 2.43. The smallest absolute Gasteiger partial charge is 0.257 e. The molecule has 1 aliphatic heterocycles. The standard InChI is InChI=1S/C11H8N2O/c14-11-9-3-1-2-8-4-6-13(10(8)9)7-5-12-11/h1-7H,(H,12,14). The van der Waals surface area contributed by atoms with Gasteiger partial charge in [-0.15, -0.1) is 0 Å². The summed E-state index contributed by atoms with van der Waals surface area (Å²) in [4.78, 5) is 11.6. The summed E-state index contributed by atoms with van der Waals surface area (Å²) in [5, 5.41) is 3.78. The molecule has 1 aliphatic rings. The summed E-state index contributed by atoms with van der Waals surface area (Å²) >= 11 is 0. The Morgan fingerprint density at radius 2 is 2.14 bits per heavy atom. The second kappa shape index (κ2) is 2.48. The van der Waals surface area contributed by atoms with Gasteiger partial charge in [0.05, 0.1) is 11.1 Å². The van der Waals surface area contributed by atoms with Crippen molar-refractivity contribution in [2.24, 2.45) is 0 Å². The van der Waals surface area contributed by atoms with E-state index in [-0.39, 0.29) is 5.91 Å². The minimum absolute atomic E-state index is 0.0516. The largest absolute Gasteiger partial charge is 0.327 e. The zero-order valence-electron chi connectivity index (χ0n) is 7.40. The monoisotopic (exact) mass is 184 g/mol. The van der Waals surface area contributed by atoms with Gasteiger partial charge in [0.25, 0.3) is 5.91 Å². The predicted molar refractivity (Wildman–Crippen MR) is 54.7 cm³/mol. The fourth-order valence-corrected chi connectivity index (χ4v) is 1.80. The summed E-state index contributed by atoms with van der Waals surface area (Å²) in [6.45, 7) is 0. The summed E-state index contributed by atoms with van der Waals surface area (Å²) in [5.74, 6) is -0.0516.